The van der Waals surface area contributed by atoms with Crippen LogP contribution in [0.1, 0.15) is 10.4 Å². The van der Waals surface area contributed by atoms with Gasteiger partial charge in [-0.3, -0.25) is 4.79 Å². The van der Waals surface area contributed by atoms with E-state index in [0.29, 0.717) is 11.4 Å². The zero-order valence-corrected chi connectivity index (χ0v) is 13.1. The number of nitrogens with zero attached hydrogens (tertiary/aromatic N) is 2. The fraction of sp³-hybridized carbons (Fsp3) is 0.0556. The van der Waals surface area contributed by atoms with Crippen LogP contribution in [0.25, 0.3) is 11.3 Å². The third-order valence-corrected chi connectivity index (χ3v) is 3.49. The molecule has 1 aromatic heterocycles. The monoisotopic (exact) mass is 320 g/mol. The maximum atomic E-state index is 11.1. The average Bonchev–Trinajstić information content (AvgIpc) is 2.62. The van der Waals surface area contributed by atoms with Crippen molar-refractivity contribution >= 4 is 17.4 Å². The minimum absolute atomic E-state index is 0.453. The van der Waals surface area contributed by atoms with Gasteiger partial charge in [0.15, 0.2) is 0 Å². The van der Waals surface area contributed by atoms with E-state index in [9.17, 15) is 4.79 Å². The molecule has 6 nitrogen and oxygen atoms in total. The van der Waals surface area contributed by atoms with Gasteiger partial charge in [0.25, 0.3) is 0 Å². The molecule has 1 amide bonds. The standard InChI is InChI=1S/C18H16N4O2/c1-24-15-8-4-12(5-9-15)16-10-17(21-11-20-16)22-14-6-2-13(3-7-14)18(19)23/h2-11H,1H3,(H2,19,23)(H,20,21,22). The van der Waals surface area contributed by atoms with Gasteiger partial charge in [0.1, 0.15) is 17.9 Å². The molecular formula is C18H16N4O2. The van der Waals surface area contributed by atoms with Crippen molar-refractivity contribution in [1.29, 1.82) is 0 Å². The summed E-state index contributed by atoms with van der Waals surface area (Å²) in [6.45, 7) is 0. The van der Waals surface area contributed by atoms with Gasteiger partial charge in [0.05, 0.1) is 12.8 Å². The van der Waals surface area contributed by atoms with E-state index < -0.39 is 5.91 Å². The van der Waals surface area contributed by atoms with Crippen molar-refractivity contribution in [2.24, 2.45) is 5.73 Å². The highest BCUT2D eigenvalue weighted by molar-refractivity contribution is 5.93. The Hall–Kier alpha value is -3.41. The normalized spacial score (nSPS) is 10.2. The highest BCUT2D eigenvalue weighted by atomic mass is 16.5. The fourth-order valence-corrected chi connectivity index (χ4v) is 2.21. The molecule has 0 radical (unpaired) electrons. The number of methoxy groups -OCH3 is 1. The molecular weight excluding hydrogens is 304 g/mol. The van der Waals surface area contributed by atoms with Crippen molar-refractivity contribution in [2.75, 3.05) is 12.4 Å². The second-order valence-corrected chi connectivity index (χ2v) is 5.08. The summed E-state index contributed by atoms with van der Waals surface area (Å²) < 4.78 is 5.16. The van der Waals surface area contributed by atoms with Crippen molar-refractivity contribution in [3.8, 4) is 17.0 Å². The Kier molecular flexibility index (Phi) is 4.38. The van der Waals surface area contributed by atoms with Gasteiger partial charge in [0, 0.05) is 22.9 Å². The Labute approximate surface area is 139 Å². The van der Waals surface area contributed by atoms with Crippen LogP contribution in [0.3, 0.4) is 0 Å². The van der Waals surface area contributed by atoms with E-state index in [1.807, 2.05) is 30.3 Å². The van der Waals surface area contributed by atoms with E-state index in [0.717, 1.165) is 22.7 Å². The van der Waals surface area contributed by atoms with Crippen molar-refractivity contribution < 1.29 is 9.53 Å². The van der Waals surface area contributed by atoms with Crippen molar-refractivity contribution in [3.05, 3.63) is 66.5 Å². The molecule has 0 atom stereocenters. The number of amides is 1. The molecule has 120 valence electrons. The number of carbonyl (C=O) groups excluding carboxylic acids is 1. The lowest BCUT2D eigenvalue weighted by Crippen LogP contribution is -2.10. The minimum Gasteiger partial charge on any atom is -0.497 e. The molecule has 0 saturated carbocycles. The molecule has 3 N–H and O–H groups in total. The van der Waals surface area contributed by atoms with Crippen LogP contribution < -0.4 is 15.8 Å². The summed E-state index contributed by atoms with van der Waals surface area (Å²) in [5.74, 6) is 0.994. The zero-order valence-electron chi connectivity index (χ0n) is 13.1. The summed E-state index contributed by atoms with van der Waals surface area (Å²) in [6, 6.07) is 16.4. The number of carbonyl (C=O) groups is 1. The molecule has 0 bridgehead atoms. The van der Waals surface area contributed by atoms with Crippen molar-refractivity contribution in [2.45, 2.75) is 0 Å². The van der Waals surface area contributed by atoms with Gasteiger partial charge in [-0.15, -0.1) is 0 Å². The third kappa shape index (κ3) is 3.49. The topological polar surface area (TPSA) is 90.1 Å². The second kappa shape index (κ2) is 6.78. The van der Waals surface area contributed by atoms with E-state index in [1.165, 1.54) is 6.33 Å². The van der Waals surface area contributed by atoms with Gasteiger partial charge >= 0.3 is 0 Å². The van der Waals surface area contributed by atoms with Gasteiger partial charge in [0.2, 0.25) is 5.91 Å². The summed E-state index contributed by atoms with van der Waals surface area (Å²) in [5, 5.41) is 3.17. The lowest BCUT2D eigenvalue weighted by atomic mass is 10.1. The largest absolute Gasteiger partial charge is 0.497 e. The highest BCUT2D eigenvalue weighted by Crippen LogP contribution is 2.23. The van der Waals surface area contributed by atoms with Gasteiger partial charge in [-0.2, -0.15) is 0 Å². The lowest BCUT2D eigenvalue weighted by Gasteiger charge is -2.08. The van der Waals surface area contributed by atoms with Crippen LogP contribution in [0.5, 0.6) is 5.75 Å². The SMILES string of the molecule is COc1ccc(-c2cc(Nc3ccc(C(N)=O)cc3)ncn2)cc1. The summed E-state index contributed by atoms with van der Waals surface area (Å²) >= 11 is 0. The molecule has 0 saturated heterocycles. The minimum atomic E-state index is -0.453. The molecule has 0 unspecified atom stereocenters. The first kappa shape index (κ1) is 15.5. The summed E-state index contributed by atoms with van der Waals surface area (Å²) in [7, 11) is 1.63. The van der Waals surface area contributed by atoms with Crippen LogP contribution in [-0.4, -0.2) is 23.0 Å². The number of hydrogen-bond donors (Lipinski definition) is 2. The van der Waals surface area contributed by atoms with Crippen LogP contribution in [0.4, 0.5) is 11.5 Å². The first-order chi connectivity index (χ1) is 11.7. The number of primary amides is 1. The average molecular weight is 320 g/mol. The van der Waals surface area contributed by atoms with Crippen LogP contribution in [-0.2, 0) is 0 Å². The van der Waals surface area contributed by atoms with Crippen LogP contribution >= 0.6 is 0 Å². The first-order valence-electron chi connectivity index (χ1n) is 7.29. The number of aromatic nitrogens is 2. The third-order valence-electron chi connectivity index (χ3n) is 3.49. The number of nitrogens with one attached hydrogen (secondary N) is 1. The second-order valence-electron chi connectivity index (χ2n) is 5.08. The Morgan fingerprint density at radius 1 is 1.04 bits per heavy atom. The van der Waals surface area contributed by atoms with Gasteiger partial charge in [-0.1, -0.05) is 0 Å². The number of benzene rings is 2. The summed E-state index contributed by atoms with van der Waals surface area (Å²) in [4.78, 5) is 19.6. The zero-order chi connectivity index (χ0) is 16.9. The molecule has 0 aliphatic carbocycles. The molecule has 0 aliphatic rings. The van der Waals surface area contributed by atoms with Crippen LogP contribution in [0.15, 0.2) is 60.9 Å². The van der Waals surface area contributed by atoms with E-state index in [4.69, 9.17) is 10.5 Å². The Bertz CT molecular complexity index is 846. The number of hydrogen-bond acceptors (Lipinski definition) is 5. The summed E-state index contributed by atoms with van der Waals surface area (Å²) in [5.41, 5.74) is 8.26. The Balaban J connectivity index is 1.80. The van der Waals surface area contributed by atoms with Gasteiger partial charge in [-0.05, 0) is 48.5 Å². The number of ether oxygens (including phenoxy) is 1. The van der Waals surface area contributed by atoms with E-state index >= 15 is 0 Å². The molecule has 3 rings (SSSR count). The molecule has 1 heterocycles. The molecule has 0 fully saturated rings. The van der Waals surface area contributed by atoms with Crippen molar-refractivity contribution in [3.63, 3.8) is 0 Å². The predicted octanol–water partition coefficient (Wildman–Crippen LogP) is 2.99. The fourth-order valence-electron chi connectivity index (χ4n) is 2.21. The maximum absolute atomic E-state index is 11.1. The molecule has 0 spiro atoms. The lowest BCUT2D eigenvalue weighted by molar-refractivity contribution is 0.100. The van der Waals surface area contributed by atoms with E-state index in [2.05, 4.69) is 15.3 Å². The predicted molar refractivity (Wildman–Crippen MR) is 92.3 cm³/mol. The molecule has 2 aromatic carbocycles. The first-order valence-corrected chi connectivity index (χ1v) is 7.29. The molecule has 6 heteroatoms. The van der Waals surface area contributed by atoms with Crippen molar-refractivity contribution in [1.82, 2.24) is 9.97 Å². The number of anilines is 2. The summed E-state index contributed by atoms with van der Waals surface area (Å²) in [6.07, 6.45) is 1.50. The van der Waals surface area contributed by atoms with E-state index in [-0.39, 0.29) is 0 Å². The van der Waals surface area contributed by atoms with Gasteiger partial charge in [-0.25, -0.2) is 9.97 Å². The Morgan fingerprint density at radius 2 is 1.75 bits per heavy atom. The maximum Gasteiger partial charge on any atom is 0.248 e. The van der Waals surface area contributed by atoms with Crippen LogP contribution in [0, 0.1) is 0 Å². The van der Waals surface area contributed by atoms with Crippen LogP contribution in [0.2, 0.25) is 0 Å². The smallest absolute Gasteiger partial charge is 0.248 e. The number of nitrogens with two attached hydrogens (primary N) is 1. The Morgan fingerprint density at radius 3 is 2.38 bits per heavy atom. The van der Waals surface area contributed by atoms with Gasteiger partial charge < -0.3 is 15.8 Å². The number of rotatable bonds is 5. The highest BCUT2D eigenvalue weighted by Gasteiger charge is 2.04. The molecule has 0 aliphatic heterocycles. The molecule has 24 heavy (non-hydrogen) atoms. The molecule has 3 aromatic rings. The van der Waals surface area contributed by atoms with E-state index in [1.54, 1.807) is 31.4 Å². The quantitative estimate of drug-likeness (QED) is 0.754.